The third kappa shape index (κ3) is 5.22. The van der Waals surface area contributed by atoms with E-state index in [0.717, 1.165) is 60.4 Å². The number of thiophene rings is 1. The number of aromatic nitrogens is 2. The summed E-state index contributed by atoms with van der Waals surface area (Å²) in [5.74, 6) is 0.395. The summed E-state index contributed by atoms with van der Waals surface area (Å²) >= 11 is 7.19. The van der Waals surface area contributed by atoms with Gasteiger partial charge in [0.2, 0.25) is 0 Å². The van der Waals surface area contributed by atoms with Gasteiger partial charge in [0.15, 0.2) is 0 Å². The van der Waals surface area contributed by atoms with Gasteiger partial charge in [-0.05, 0) is 43.0 Å². The third-order valence-corrected chi connectivity index (χ3v) is 7.33. The molecular formula is C23H29ClN6O2S. The van der Waals surface area contributed by atoms with E-state index in [2.05, 4.69) is 28.2 Å². The number of pyridine rings is 2. The third-order valence-electron chi connectivity index (χ3n) is 6.01. The van der Waals surface area contributed by atoms with Crippen molar-refractivity contribution in [2.24, 2.45) is 5.73 Å². The van der Waals surface area contributed by atoms with Crippen LogP contribution in [0.4, 0.5) is 11.5 Å². The van der Waals surface area contributed by atoms with Crippen molar-refractivity contribution in [3.8, 4) is 0 Å². The number of fused-ring (bicyclic) bond motifs is 1. The molecule has 0 spiro atoms. The molecule has 4 rings (SSSR count). The Balaban J connectivity index is 1.42. The molecular weight excluding hydrogens is 460 g/mol. The van der Waals surface area contributed by atoms with Crippen LogP contribution < -0.4 is 21.7 Å². The highest BCUT2D eigenvalue weighted by atomic mass is 35.5. The normalized spacial score (nSPS) is 15.8. The van der Waals surface area contributed by atoms with Crippen molar-refractivity contribution in [1.82, 2.24) is 15.3 Å². The van der Waals surface area contributed by atoms with Crippen LogP contribution in [-0.4, -0.2) is 46.7 Å². The number of halogens is 1. The van der Waals surface area contributed by atoms with Crippen LogP contribution in [0.2, 0.25) is 5.15 Å². The molecule has 1 fully saturated rings. The summed E-state index contributed by atoms with van der Waals surface area (Å²) in [5.41, 5.74) is 13.9. The number of anilines is 2. The molecule has 33 heavy (non-hydrogen) atoms. The summed E-state index contributed by atoms with van der Waals surface area (Å²) < 4.78 is 0. The number of piperidine rings is 1. The lowest BCUT2D eigenvalue weighted by Gasteiger charge is -2.34. The first-order valence-electron chi connectivity index (χ1n) is 11.2. The number of nitrogens with two attached hydrogens (primary N) is 2. The minimum atomic E-state index is -0.703. The number of carbonyl (C=O) groups excluding carboxylic acids is 1. The molecule has 0 bridgehead atoms. The molecule has 6 N–H and O–H groups in total. The zero-order chi connectivity index (χ0) is 23.5. The molecule has 0 radical (unpaired) electrons. The number of nitrogen functional groups attached to an aromatic ring is 1. The first kappa shape index (κ1) is 23.7. The van der Waals surface area contributed by atoms with Gasteiger partial charge in [-0.1, -0.05) is 31.0 Å². The molecule has 1 amide bonds. The average molecular weight is 489 g/mol. The Hall–Kier alpha value is -2.46. The number of primary amides is 1. The molecule has 0 aromatic carbocycles. The van der Waals surface area contributed by atoms with E-state index in [-0.39, 0.29) is 0 Å². The fourth-order valence-electron chi connectivity index (χ4n) is 4.30. The maximum Gasteiger partial charge on any atom is 0.260 e. The lowest BCUT2D eigenvalue weighted by molar-refractivity contribution is 0.100. The standard InChI is InChI=1S/C23H29ClN6O2S/c1-2-4-13-11-18(29-23-19(13)20(25)21(33-23)22(26)32)30-9-7-14(8-10-30)27-12-16(31)15-5-3-6-17(24)28-15/h3,5-6,11,14,16,27,31H,2,4,7-10,12,25H2,1H3,(H2,26,32). The van der Waals surface area contributed by atoms with Crippen molar-refractivity contribution < 1.29 is 9.90 Å². The van der Waals surface area contributed by atoms with Crippen LogP contribution >= 0.6 is 22.9 Å². The Morgan fingerprint density at radius 3 is 2.79 bits per heavy atom. The van der Waals surface area contributed by atoms with Gasteiger partial charge in [-0.25, -0.2) is 9.97 Å². The predicted molar refractivity (Wildman–Crippen MR) is 134 cm³/mol. The molecule has 3 aromatic heterocycles. The number of aliphatic hydroxyl groups is 1. The van der Waals surface area contributed by atoms with Crippen molar-refractivity contribution in [1.29, 1.82) is 0 Å². The van der Waals surface area contributed by atoms with Gasteiger partial charge >= 0.3 is 0 Å². The van der Waals surface area contributed by atoms with Gasteiger partial charge < -0.3 is 26.8 Å². The van der Waals surface area contributed by atoms with Gasteiger partial charge in [0.1, 0.15) is 26.8 Å². The highest BCUT2D eigenvalue weighted by molar-refractivity contribution is 7.21. The number of nitrogens with zero attached hydrogens (tertiary/aromatic N) is 3. The fraction of sp³-hybridized carbons (Fsp3) is 0.435. The molecule has 0 aliphatic carbocycles. The van der Waals surface area contributed by atoms with Crippen molar-refractivity contribution in [2.45, 2.75) is 44.8 Å². The Bertz CT molecular complexity index is 1150. The van der Waals surface area contributed by atoms with E-state index in [1.165, 1.54) is 11.3 Å². The maximum atomic E-state index is 11.8. The highest BCUT2D eigenvalue weighted by Gasteiger charge is 2.24. The Morgan fingerprint density at radius 2 is 2.12 bits per heavy atom. The van der Waals surface area contributed by atoms with Gasteiger partial charge in [0.25, 0.3) is 5.91 Å². The number of aliphatic hydroxyl groups excluding tert-OH is 1. The summed E-state index contributed by atoms with van der Waals surface area (Å²) in [4.78, 5) is 24.2. The molecule has 1 aliphatic rings. The minimum Gasteiger partial charge on any atom is -0.397 e. The number of nitrogens with one attached hydrogen (secondary N) is 1. The number of rotatable bonds is 8. The molecule has 176 valence electrons. The van der Waals surface area contributed by atoms with Crippen LogP contribution in [0.3, 0.4) is 0 Å². The van der Waals surface area contributed by atoms with E-state index in [0.29, 0.717) is 34.0 Å². The molecule has 10 heteroatoms. The lowest BCUT2D eigenvalue weighted by atomic mass is 10.0. The van der Waals surface area contributed by atoms with E-state index >= 15 is 0 Å². The summed E-state index contributed by atoms with van der Waals surface area (Å²) in [6.07, 6.45) is 2.98. The first-order chi connectivity index (χ1) is 15.9. The molecule has 1 atom stereocenters. The monoisotopic (exact) mass is 488 g/mol. The summed E-state index contributed by atoms with van der Waals surface area (Å²) in [6.45, 7) is 4.23. The van der Waals surface area contributed by atoms with E-state index < -0.39 is 12.0 Å². The minimum absolute atomic E-state index is 0.299. The molecule has 4 heterocycles. The van der Waals surface area contributed by atoms with Gasteiger partial charge in [-0.15, -0.1) is 11.3 Å². The number of hydrogen-bond acceptors (Lipinski definition) is 8. The Labute approximate surface area is 202 Å². The molecule has 1 aliphatic heterocycles. The van der Waals surface area contributed by atoms with Crippen LogP contribution in [0.15, 0.2) is 24.3 Å². The van der Waals surface area contributed by atoms with Gasteiger partial charge in [0, 0.05) is 31.1 Å². The fourth-order valence-corrected chi connectivity index (χ4v) is 5.46. The summed E-state index contributed by atoms with van der Waals surface area (Å²) in [7, 11) is 0. The van der Waals surface area contributed by atoms with Crippen LogP contribution in [0.5, 0.6) is 0 Å². The Kier molecular flexibility index (Phi) is 7.33. The average Bonchev–Trinajstić information content (AvgIpc) is 3.15. The van der Waals surface area contributed by atoms with E-state index in [9.17, 15) is 9.90 Å². The largest absolute Gasteiger partial charge is 0.397 e. The summed E-state index contributed by atoms with van der Waals surface area (Å²) in [5, 5.41) is 15.1. The zero-order valence-electron chi connectivity index (χ0n) is 18.6. The number of hydrogen-bond donors (Lipinski definition) is 4. The van der Waals surface area contributed by atoms with Crippen molar-refractivity contribution in [3.05, 3.63) is 45.6 Å². The number of amides is 1. The Morgan fingerprint density at radius 1 is 1.36 bits per heavy atom. The molecule has 1 saturated heterocycles. The number of carbonyl (C=O) groups is 1. The first-order valence-corrected chi connectivity index (χ1v) is 12.4. The van der Waals surface area contributed by atoms with Gasteiger partial charge in [-0.3, -0.25) is 4.79 Å². The zero-order valence-corrected chi connectivity index (χ0v) is 20.1. The van der Waals surface area contributed by atoms with Gasteiger partial charge in [0.05, 0.1) is 11.4 Å². The topological polar surface area (TPSA) is 130 Å². The lowest BCUT2D eigenvalue weighted by Crippen LogP contribution is -2.44. The summed E-state index contributed by atoms with van der Waals surface area (Å²) in [6, 6.07) is 7.65. The molecule has 1 unspecified atom stereocenters. The smallest absolute Gasteiger partial charge is 0.260 e. The van der Waals surface area contributed by atoms with E-state index in [4.69, 9.17) is 28.1 Å². The molecule has 8 nitrogen and oxygen atoms in total. The van der Waals surface area contributed by atoms with Crippen LogP contribution in [0.1, 0.15) is 53.2 Å². The van der Waals surface area contributed by atoms with Crippen molar-refractivity contribution in [3.63, 3.8) is 0 Å². The predicted octanol–water partition coefficient (Wildman–Crippen LogP) is 3.27. The van der Waals surface area contributed by atoms with Crippen molar-refractivity contribution in [2.75, 3.05) is 30.3 Å². The van der Waals surface area contributed by atoms with Crippen LogP contribution in [0.25, 0.3) is 10.2 Å². The van der Waals surface area contributed by atoms with E-state index in [1.807, 2.05) is 0 Å². The van der Waals surface area contributed by atoms with Crippen molar-refractivity contribution >= 4 is 50.6 Å². The highest BCUT2D eigenvalue weighted by Crippen LogP contribution is 2.37. The SMILES string of the molecule is CCCc1cc(N2CCC(NCC(O)c3cccc(Cl)n3)CC2)nc2sc(C(N)=O)c(N)c12. The molecule has 3 aromatic rings. The van der Waals surface area contributed by atoms with E-state index in [1.54, 1.807) is 18.2 Å². The van der Waals surface area contributed by atoms with Crippen LogP contribution in [0, 0.1) is 0 Å². The second kappa shape index (κ2) is 10.2. The number of aryl methyl sites for hydroxylation is 1. The second-order valence-corrected chi connectivity index (χ2v) is 9.74. The maximum absolute atomic E-state index is 11.8. The quantitative estimate of drug-likeness (QED) is 0.358. The molecule has 0 saturated carbocycles. The van der Waals surface area contributed by atoms with Gasteiger partial charge in [-0.2, -0.15) is 0 Å². The second-order valence-electron chi connectivity index (χ2n) is 8.35. The van der Waals surface area contributed by atoms with Crippen LogP contribution in [-0.2, 0) is 6.42 Å².